The van der Waals surface area contributed by atoms with Crippen LogP contribution in [0, 0.1) is 5.75 Å². The van der Waals surface area contributed by atoms with Gasteiger partial charge in [-0.1, -0.05) is 31.2 Å². The number of hydrogen-bond donors (Lipinski definition) is 0. The third-order valence-corrected chi connectivity index (χ3v) is 3.09. The molecule has 0 aromatic heterocycles. The van der Waals surface area contributed by atoms with Gasteiger partial charge in [0.25, 0.3) is 0 Å². The van der Waals surface area contributed by atoms with Gasteiger partial charge in [0.15, 0.2) is 0 Å². The van der Waals surface area contributed by atoms with Crippen molar-refractivity contribution in [2.45, 2.75) is 25.6 Å². The highest BCUT2D eigenvalue weighted by molar-refractivity contribution is 8.00. The predicted octanol–water partition coefficient (Wildman–Crippen LogP) is 3.55. The van der Waals surface area contributed by atoms with Crippen molar-refractivity contribution < 1.29 is 0 Å². The molecule has 83 valence electrons. The molecule has 0 N–H and O–H groups in total. The van der Waals surface area contributed by atoms with Gasteiger partial charge in [0.1, 0.15) is 0 Å². The van der Waals surface area contributed by atoms with Crippen LogP contribution in [0.1, 0.15) is 24.5 Å². The van der Waals surface area contributed by atoms with E-state index in [0.29, 0.717) is 0 Å². The van der Waals surface area contributed by atoms with Gasteiger partial charge in [0.2, 0.25) is 0 Å². The van der Waals surface area contributed by atoms with Gasteiger partial charge in [-0.25, -0.2) is 0 Å². The molecule has 0 aliphatic carbocycles. The van der Waals surface area contributed by atoms with Crippen LogP contribution in [0.15, 0.2) is 24.3 Å². The van der Waals surface area contributed by atoms with Gasteiger partial charge in [-0.15, -0.1) is 0 Å². The van der Waals surface area contributed by atoms with Gasteiger partial charge < -0.3 is 4.90 Å². The first-order valence-corrected chi connectivity index (χ1v) is 6.43. The second-order valence-electron chi connectivity index (χ2n) is 3.94. The summed E-state index contributed by atoms with van der Waals surface area (Å²) in [5, 5.41) is 0. The molecule has 0 heterocycles. The van der Waals surface area contributed by atoms with Crippen molar-refractivity contribution in [3.05, 3.63) is 41.1 Å². The van der Waals surface area contributed by atoms with Gasteiger partial charge in [-0.2, -0.15) is 11.8 Å². The van der Waals surface area contributed by atoms with E-state index in [1.54, 1.807) is 0 Å². The molecule has 1 nitrogen and oxygen atoms in total. The van der Waals surface area contributed by atoms with E-state index < -0.39 is 0 Å². The smallest absolute Gasteiger partial charge is 0.0227 e. The highest BCUT2D eigenvalue weighted by Crippen LogP contribution is 2.17. The predicted molar refractivity (Wildman–Crippen MR) is 69.7 cm³/mol. The van der Waals surface area contributed by atoms with Crippen molar-refractivity contribution in [2.24, 2.45) is 0 Å². The van der Waals surface area contributed by atoms with E-state index in [1.165, 1.54) is 11.1 Å². The molecule has 0 aliphatic heterocycles. The lowest BCUT2D eigenvalue weighted by Gasteiger charge is -2.10. The minimum Gasteiger partial charge on any atom is -0.305 e. The summed E-state index contributed by atoms with van der Waals surface area (Å²) >= 11 is 1.90. The normalized spacial score (nSPS) is 10.9. The van der Waals surface area contributed by atoms with Crippen molar-refractivity contribution in [3.63, 3.8) is 0 Å². The number of thioether (sulfide) groups is 1. The van der Waals surface area contributed by atoms with Crippen LogP contribution < -0.4 is 0 Å². The number of rotatable bonds is 6. The average Bonchev–Trinajstić information content (AvgIpc) is 2.18. The fraction of sp³-hybridized carbons (Fsp3) is 0.462. The van der Waals surface area contributed by atoms with Gasteiger partial charge in [-0.3, -0.25) is 0 Å². The first-order valence-electron chi connectivity index (χ1n) is 5.38. The lowest BCUT2D eigenvalue weighted by molar-refractivity contribution is 0.402. The van der Waals surface area contributed by atoms with Gasteiger partial charge in [0.05, 0.1) is 0 Å². The molecular formula is C13H20NS. The molecule has 1 aromatic carbocycles. The van der Waals surface area contributed by atoms with Crippen molar-refractivity contribution >= 4 is 11.8 Å². The Labute approximate surface area is 97.9 Å². The van der Waals surface area contributed by atoms with E-state index in [-0.39, 0.29) is 0 Å². The zero-order valence-electron chi connectivity index (χ0n) is 9.86. The van der Waals surface area contributed by atoms with Crippen LogP contribution >= 0.6 is 11.8 Å². The molecule has 0 aliphatic rings. The highest BCUT2D eigenvalue weighted by Gasteiger charge is 1.97. The maximum absolute atomic E-state index is 2.30. The Morgan fingerprint density at radius 2 is 2.00 bits per heavy atom. The number of hydrogen-bond acceptors (Lipinski definition) is 2. The Morgan fingerprint density at radius 3 is 2.67 bits per heavy atom. The van der Waals surface area contributed by atoms with Crippen LogP contribution in [-0.4, -0.2) is 19.0 Å². The molecule has 0 unspecified atom stereocenters. The summed E-state index contributed by atoms with van der Waals surface area (Å²) in [4.78, 5) is 2.20. The first kappa shape index (κ1) is 12.6. The third-order valence-electron chi connectivity index (χ3n) is 2.02. The Kier molecular flexibility index (Phi) is 5.81. The van der Waals surface area contributed by atoms with E-state index in [4.69, 9.17) is 0 Å². The van der Waals surface area contributed by atoms with E-state index in [1.807, 2.05) is 11.8 Å². The monoisotopic (exact) mass is 222 g/mol. The van der Waals surface area contributed by atoms with Gasteiger partial charge >= 0.3 is 0 Å². The van der Waals surface area contributed by atoms with E-state index in [9.17, 15) is 0 Å². The van der Waals surface area contributed by atoms with E-state index >= 15 is 0 Å². The van der Waals surface area contributed by atoms with Crippen molar-refractivity contribution in [1.82, 2.24) is 4.90 Å². The lowest BCUT2D eigenvalue weighted by atomic mass is 10.1. The third kappa shape index (κ3) is 5.24. The number of nitrogens with zero attached hydrogens (tertiary/aromatic N) is 1. The summed E-state index contributed by atoms with van der Waals surface area (Å²) in [5.41, 5.74) is 2.82. The molecule has 1 radical (unpaired) electrons. The van der Waals surface area contributed by atoms with E-state index in [2.05, 4.69) is 55.9 Å². The largest absolute Gasteiger partial charge is 0.305 e. The quantitative estimate of drug-likeness (QED) is 0.677. The lowest BCUT2D eigenvalue weighted by Crippen LogP contribution is -2.10. The topological polar surface area (TPSA) is 3.24 Å². The fourth-order valence-electron chi connectivity index (χ4n) is 1.46. The second kappa shape index (κ2) is 6.91. The zero-order chi connectivity index (χ0) is 11.1. The molecular weight excluding hydrogens is 202 g/mol. The zero-order valence-corrected chi connectivity index (χ0v) is 10.7. The molecule has 0 amide bonds. The summed E-state index contributed by atoms with van der Waals surface area (Å²) in [6.45, 7) is 3.20. The summed E-state index contributed by atoms with van der Waals surface area (Å²) in [6.07, 6.45) is 1.14. The Hall–Kier alpha value is -0.470. The maximum Gasteiger partial charge on any atom is 0.0227 e. The fourth-order valence-corrected chi connectivity index (χ4v) is 2.18. The molecule has 15 heavy (non-hydrogen) atoms. The van der Waals surface area contributed by atoms with Gasteiger partial charge in [0, 0.05) is 18.1 Å². The molecule has 1 rings (SSSR count). The summed E-state index contributed by atoms with van der Waals surface area (Å²) in [5.74, 6) is 3.35. The Morgan fingerprint density at radius 1 is 1.27 bits per heavy atom. The molecule has 1 aromatic rings. The van der Waals surface area contributed by atoms with Crippen molar-refractivity contribution in [1.29, 1.82) is 0 Å². The average molecular weight is 222 g/mol. The van der Waals surface area contributed by atoms with Crippen molar-refractivity contribution in [3.8, 4) is 0 Å². The molecule has 0 saturated carbocycles. The standard InChI is InChI=1S/C13H20NS/c1-4-8-15-11-13-7-5-6-12(9-13)10-14(2)3/h5-9H,4,10-11H2,1-3H3. The van der Waals surface area contributed by atoms with Crippen LogP contribution in [0.5, 0.6) is 0 Å². The molecule has 2 heteroatoms. The SMILES string of the molecule is CC[CH]SCc1cccc(CN(C)C)c1. The maximum atomic E-state index is 2.30. The second-order valence-corrected chi connectivity index (χ2v) is 4.90. The minimum absolute atomic E-state index is 1.02. The van der Waals surface area contributed by atoms with Crippen LogP contribution in [-0.2, 0) is 12.3 Å². The highest BCUT2D eigenvalue weighted by atomic mass is 32.2. The Bertz CT molecular complexity index is 284. The van der Waals surface area contributed by atoms with Crippen LogP contribution in [0.4, 0.5) is 0 Å². The van der Waals surface area contributed by atoms with Crippen molar-refractivity contribution in [2.75, 3.05) is 14.1 Å². The molecule has 0 atom stereocenters. The van der Waals surface area contributed by atoms with Gasteiger partial charge in [-0.05, 0) is 31.6 Å². The Balaban J connectivity index is 2.50. The molecule has 0 spiro atoms. The molecule has 0 fully saturated rings. The molecule has 0 saturated heterocycles. The minimum atomic E-state index is 1.02. The van der Waals surface area contributed by atoms with Crippen LogP contribution in [0.2, 0.25) is 0 Å². The summed E-state index contributed by atoms with van der Waals surface area (Å²) in [6, 6.07) is 8.85. The number of benzene rings is 1. The summed E-state index contributed by atoms with van der Waals surface area (Å²) < 4.78 is 0. The first-order chi connectivity index (χ1) is 7.22. The van der Waals surface area contributed by atoms with Crippen LogP contribution in [0.25, 0.3) is 0 Å². The molecule has 0 bridgehead atoms. The summed E-state index contributed by atoms with van der Waals surface area (Å²) in [7, 11) is 4.21. The van der Waals surface area contributed by atoms with E-state index in [0.717, 1.165) is 18.7 Å². The van der Waals surface area contributed by atoms with Crippen LogP contribution in [0.3, 0.4) is 0 Å².